The van der Waals surface area contributed by atoms with Crippen molar-refractivity contribution >= 4 is 17.5 Å². The highest BCUT2D eigenvalue weighted by Crippen LogP contribution is 2.17. The molecule has 3 aromatic rings. The highest BCUT2D eigenvalue weighted by molar-refractivity contribution is 6.30. The van der Waals surface area contributed by atoms with Crippen molar-refractivity contribution in [1.29, 1.82) is 0 Å². The number of rotatable bonds is 5. The van der Waals surface area contributed by atoms with E-state index in [1.54, 1.807) is 24.2 Å². The number of likely N-dealkylation sites (N-methyl/N-ethyl adjacent to an activating group) is 1. The highest BCUT2D eigenvalue weighted by Gasteiger charge is 2.18. The summed E-state index contributed by atoms with van der Waals surface area (Å²) >= 11 is 5.87. The van der Waals surface area contributed by atoms with E-state index in [1.165, 1.54) is 0 Å². The molecular weight excluding hydrogens is 326 g/mol. The topological polar surface area (TPSA) is 59.2 Å². The average Bonchev–Trinajstić information content (AvgIpc) is 3.11. The van der Waals surface area contributed by atoms with Gasteiger partial charge in [-0.2, -0.15) is 0 Å². The first kappa shape index (κ1) is 16.2. The summed E-state index contributed by atoms with van der Waals surface area (Å²) in [6, 6.07) is 14.7. The number of carbonyl (C=O) groups excluding carboxylic acids is 1. The van der Waals surface area contributed by atoms with Crippen molar-refractivity contribution in [2.45, 2.75) is 6.42 Å². The first-order valence-electron chi connectivity index (χ1n) is 7.51. The van der Waals surface area contributed by atoms with Gasteiger partial charge in [-0.25, -0.2) is 0 Å². The molecule has 6 heteroatoms. The Hall–Kier alpha value is -2.66. The van der Waals surface area contributed by atoms with Gasteiger partial charge in [0.05, 0.1) is 5.69 Å². The summed E-state index contributed by atoms with van der Waals surface area (Å²) in [5.74, 6) is -0.00657. The summed E-state index contributed by atoms with van der Waals surface area (Å²) in [5, 5.41) is 4.62. The highest BCUT2D eigenvalue weighted by atomic mass is 35.5. The Morgan fingerprint density at radius 1 is 1.17 bits per heavy atom. The standard InChI is InChI=1S/C18H16ClN3O2/c1-22(11-9-13-5-7-14(19)8-6-13)18(23)17-12-16(21-24-17)15-4-2-3-10-20-15/h2-8,10,12H,9,11H2,1H3. The Kier molecular flexibility index (Phi) is 4.91. The molecule has 0 saturated heterocycles. The fourth-order valence-electron chi connectivity index (χ4n) is 2.25. The predicted octanol–water partition coefficient (Wildman–Crippen LogP) is 3.70. The second-order valence-electron chi connectivity index (χ2n) is 5.39. The van der Waals surface area contributed by atoms with Crippen LogP contribution in [0.2, 0.25) is 5.02 Å². The van der Waals surface area contributed by atoms with E-state index in [0.717, 1.165) is 12.0 Å². The summed E-state index contributed by atoms with van der Waals surface area (Å²) in [4.78, 5) is 18.2. The first-order chi connectivity index (χ1) is 11.6. The summed E-state index contributed by atoms with van der Waals surface area (Å²) in [7, 11) is 1.74. The number of hydrogen-bond acceptors (Lipinski definition) is 4. The van der Waals surface area contributed by atoms with Gasteiger partial charge < -0.3 is 9.42 Å². The van der Waals surface area contributed by atoms with E-state index in [4.69, 9.17) is 16.1 Å². The average molecular weight is 342 g/mol. The van der Waals surface area contributed by atoms with Crippen molar-refractivity contribution in [2.75, 3.05) is 13.6 Å². The Labute approximate surface area is 144 Å². The van der Waals surface area contributed by atoms with Crippen LogP contribution >= 0.6 is 11.6 Å². The van der Waals surface area contributed by atoms with Crippen LogP contribution < -0.4 is 0 Å². The summed E-state index contributed by atoms with van der Waals surface area (Å²) in [6.45, 7) is 0.570. The number of aromatic nitrogens is 2. The third kappa shape index (κ3) is 3.81. The maximum Gasteiger partial charge on any atom is 0.292 e. The lowest BCUT2D eigenvalue weighted by molar-refractivity contribution is 0.0755. The number of amides is 1. The lowest BCUT2D eigenvalue weighted by Crippen LogP contribution is -2.28. The Bertz CT molecular complexity index is 816. The van der Waals surface area contributed by atoms with Crippen LogP contribution in [-0.4, -0.2) is 34.5 Å². The zero-order valence-corrected chi connectivity index (χ0v) is 13.9. The molecule has 0 unspecified atom stereocenters. The monoisotopic (exact) mass is 341 g/mol. The van der Waals surface area contributed by atoms with E-state index < -0.39 is 0 Å². The Balaban J connectivity index is 1.63. The van der Waals surface area contributed by atoms with Gasteiger partial charge in [-0.1, -0.05) is 35.0 Å². The predicted molar refractivity (Wildman–Crippen MR) is 91.9 cm³/mol. The van der Waals surface area contributed by atoms with Gasteiger partial charge in [0.1, 0.15) is 5.69 Å². The summed E-state index contributed by atoms with van der Waals surface area (Å²) < 4.78 is 5.17. The number of halogens is 1. The van der Waals surface area contributed by atoms with Crippen molar-refractivity contribution < 1.29 is 9.32 Å². The zero-order chi connectivity index (χ0) is 16.9. The fraction of sp³-hybridized carbons (Fsp3) is 0.167. The van der Waals surface area contributed by atoms with Crippen LogP contribution in [0.3, 0.4) is 0 Å². The lowest BCUT2D eigenvalue weighted by Gasteiger charge is -2.15. The van der Waals surface area contributed by atoms with Crippen molar-refractivity contribution in [3.05, 3.63) is 71.1 Å². The first-order valence-corrected chi connectivity index (χ1v) is 7.89. The number of carbonyl (C=O) groups is 1. The van der Waals surface area contributed by atoms with Crippen molar-refractivity contribution in [2.24, 2.45) is 0 Å². The molecule has 3 rings (SSSR count). The molecule has 0 atom stereocenters. The summed E-state index contributed by atoms with van der Waals surface area (Å²) in [6.07, 6.45) is 2.41. The molecule has 2 aromatic heterocycles. The fourth-order valence-corrected chi connectivity index (χ4v) is 2.37. The molecule has 122 valence electrons. The van der Waals surface area contributed by atoms with Crippen LogP contribution in [-0.2, 0) is 6.42 Å². The number of hydrogen-bond donors (Lipinski definition) is 0. The second kappa shape index (κ2) is 7.27. The van der Waals surface area contributed by atoms with Crippen LogP contribution in [0.25, 0.3) is 11.4 Å². The zero-order valence-electron chi connectivity index (χ0n) is 13.1. The molecule has 0 aliphatic rings. The van der Waals surface area contributed by atoms with Crippen LogP contribution in [0, 0.1) is 0 Å². The van der Waals surface area contributed by atoms with E-state index in [1.807, 2.05) is 42.5 Å². The molecule has 0 spiro atoms. The van der Waals surface area contributed by atoms with E-state index in [2.05, 4.69) is 10.1 Å². The maximum absolute atomic E-state index is 12.4. The maximum atomic E-state index is 12.4. The number of nitrogens with zero attached hydrogens (tertiary/aromatic N) is 3. The van der Waals surface area contributed by atoms with Crippen LogP contribution in [0.15, 0.2) is 59.3 Å². The Morgan fingerprint density at radius 2 is 1.96 bits per heavy atom. The quantitative estimate of drug-likeness (QED) is 0.710. The van der Waals surface area contributed by atoms with Crippen molar-refractivity contribution in [3.63, 3.8) is 0 Å². The molecule has 0 aliphatic carbocycles. The molecule has 0 radical (unpaired) electrons. The molecule has 0 saturated carbocycles. The minimum absolute atomic E-state index is 0.203. The number of pyridine rings is 1. The van der Waals surface area contributed by atoms with Gasteiger partial charge in [-0.15, -0.1) is 0 Å². The van der Waals surface area contributed by atoms with Gasteiger partial charge in [-0.05, 0) is 36.2 Å². The molecule has 1 aromatic carbocycles. The third-order valence-electron chi connectivity index (χ3n) is 3.64. The minimum atomic E-state index is -0.210. The normalized spacial score (nSPS) is 10.6. The molecule has 5 nitrogen and oxygen atoms in total. The van der Waals surface area contributed by atoms with Gasteiger partial charge in [0.15, 0.2) is 0 Å². The molecule has 24 heavy (non-hydrogen) atoms. The van der Waals surface area contributed by atoms with Crippen LogP contribution in [0.1, 0.15) is 16.1 Å². The third-order valence-corrected chi connectivity index (χ3v) is 3.90. The molecular formula is C18H16ClN3O2. The largest absolute Gasteiger partial charge is 0.350 e. The van der Waals surface area contributed by atoms with E-state index in [0.29, 0.717) is 23.0 Å². The SMILES string of the molecule is CN(CCc1ccc(Cl)cc1)C(=O)c1cc(-c2ccccn2)no1. The minimum Gasteiger partial charge on any atom is -0.350 e. The molecule has 0 aliphatic heterocycles. The van der Waals surface area contributed by atoms with E-state index in [-0.39, 0.29) is 11.7 Å². The van der Waals surface area contributed by atoms with Crippen molar-refractivity contribution in [3.8, 4) is 11.4 Å². The smallest absolute Gasteiger partial charge is 0.292 e. The second-order valence-corrected chi connectivity index (χ2v) is 5.83. The van der Waals surface area contributed by atoms with Crippen molar-refractivity contribution in [1.82, 2.24) is 15.0 Å². The molecule has 1 amide bonds. The molecule has 0 fully saturated rings. The van der Waals surface area contributed by atoms with Crippen LogP contribution in [0.4, 0.5) is 0 Å². The van der Waals surface area contributed by atoms with Crippen LogP contribution in [0.5, 0.6) is 0 Å². The lowest BCUT2D eigenvalue weighted by atomic mass is 10.1. The molecule has 0 N–H and O–H groups in total. The molecule has 0 bridgehead atoms. The number of benzene rings is 1. The van der Waals surface area contributed by atoms with E-state index >= 15 is 0 Å². The van der Waals surface area contributed by atoms with E-state index in [9.17, 15) is 4.79 Å². The van der Waals surface area contributed by atoms with Gasteiger partial charge in [0, 0.05) is 30.9 Å². The van der Waals surface area contributed by atoms with Gasteiger partial charge in [0.25, 0.3) is 5.91 Å². The van der Waals surface area contributed by atoms with Gasteiger partial charge >= 0.3 is 0 Å². The summed E-state index contributed by atoms with van der Waals surface area (Å²) in [5.41, 5.74) is 2.33. The molecule has 2 heterocycles. The Morgan fingerprint density at radius 3 is 2.67 bits per heavy atom. The van der Waals surface area contributed by atoms with Gasteiger partial charge in [0.2, 0.25) is 5.76 Å². The van der Waals surface area contributed by atoms with Gasteiger partial charge in [-0.3, -0.25) is 9.78 Å².